The fourth-order valence-electron chi connectivity index (χ4n) is 2.54. The largest absolute Gasteiger partial charge is 0.370 e. The molecule has 0 aliphatic carbocycles. The number of hydrogen-bond donors (Lipinski definition) is 3. The summed E-state index contributed by atoms with van der Waals surface area (Å²) in [6.07, 6.45) is 6.24. The summed E-state index contributed by atoms with van der Waals surface area (Å²) in [6.45, 7) is 6.70. The number of hydrazine groups is 1. The molecule has 0 unspecified atom stereocenters. The Morgan fingerprint density at radius 3 is 2.68 bits per heavy atom. The van der Waals surface area contributed by atoms with Crippen molar-refractivity contribution in [2.75, 3.05) is 36.9 Å². The maximum Gasteiger partial charge on any atom is 0.148 e. The van der Waals surface area contributed by atoms with Crippen LogP contribution in [0.3, 0.4) is 0 Å². The first-order valence-corrected chi connectivity index (χ1v) is 7.12. The van der Waals surface area contributed by atoms with Crippen LogP contribution in [0.2, 0.25) is 0 Å². The molecule has 0 saturated carbocycles. The van der Waals surface area contributed by atoms with Crippen LogP contribution in [-0.4, -0.2) is 41.0 Å². The molecule has 0 amide bonds. The minimum Gasteiger partial charge on any atom is -0.370 e. The number of nitrogens with two attached hydrogens (primary N) is 1. The lowest BCUT2D eigenvalue weighted by molar-refractivity contribution is 0.337. The van der Waals surface area contributed by atoms with Crippen LogP contribution >= 0.6 is 0 Å². The number of likely N-dealkylation sites (tertiary alicyclic amines) is 1. The van der Waals surface area contributed by atoms with Gasteiger partial charge in [-0.1, -0.05) is 6.92 Å². The van der Waals surface area contributed by atoms with E-state index in [2.05, 4.69) is 32.5 Å². The second kappa shape index (κ2) is 7.25. The fourth-order valence-corrected chi connectivity index (χ4v) is 2.54. The van der Waals surface area contributed by atoms with Gasteiger partial charge in [-0.15, -0.1) is 0 Å². The van der Waals surface area contributed by atoms with Crippen molar-refractivity contribution in [3.63, 3.8) is 0 Å². The van der Waals surface area contributed by atoms with Crippen LogP contribution in [0, 0.1) is 0 Å². The van der Waals surface area contributed by atoms with Gasteiger partial charge in [0.25, 0.3) is 0 Å². The fraction of sp³-hybridized carbons (Fsp3) is 0.692. The van der Waals surface area contributed by atoms with Crippen molar-refractivity contribution in [3.8, 4) is 0 Å². The average molecular weight is 264 g/mol. The van der Waals surface area contributed by atoms with E-state index < -0.39 is 0 Å². The molecule has 6 heteroatoms. The number of hydrogen-bond acceptors (Lipinski definition) is 6. The van der Waals surface area contributed by atoms with E-state index in [9.17, 15) is 0 Å². The number of nitrogens with zero attached hydrogens (tertiary/aromatic N) is 3. The maximum atomic E-state index is 5.46. The van der Waals surface area contributed by atoms with Gasteiger partial charge < -0.3 is 15.6 Å². The van der Waals surface area contributed by atoms with E-state index in [-0.39, 0.29) is 0 Å². The van der Waals surface area contributed by atoms with Crippen LogP contribution in [0.15, 0.2) is 6.33 Å². The maximum absolute atomic E-state index is 5.46. The molecule has 0 atom stereocenters. The molecule has 1 aromatic rings. The van der Waals surface area contributed by atoms with Crippen LogP contribution < -0.4 is 16.6 Å². The van der Waals surface area contributed by atoms with Crippen molar-refractivity contribution >= 4 is 11.6 Å². The summed E-state index contributed by atoms with van der Waals surface area (Å²) >= 11 is 0. The molecular formula is C13H24N6. The van der Waals surface area contributed by atoms with Gasteiger partial charge in [0.15, 0.2) is 0 Å². The molecule has 1 aliphatic heterocycles. The number of anilines is 2. The lowest BCUT2D eigenvalue weighted by Crippen LogP contribution is -2.22. The van der Waals surface area contributed by atoms with Crippen molar-refractivity contribution in [1.82, 2.24) is 14.9 Å². The molecule has 2 rings (SSSR count). The van der Waals surface area contributed by atoms with E-state index in [1.807, 2.05) is 0 Å². The van der Waals surface area contributed by atoms with E-state index in [0.29, 0.717) is 5.82 Å². The van der Waals surface area contributed by atoms with Crippen LogP contribution in [0.5, 0.6) is 0 Å². The minimum absolute atomic E-state index is 0.708. The Kier molecular flexibility index (Phi) is 5.35. The molecule has 4 N–H and O–H groups in total. The Bertz CT molecular complexity index is 389. The lowest BCUT2D eigenvalue weighted by atomic mass is 10.2. The second-order valence-corrected chi connectivity index (χ2v) is 4.88. The molecule has 1 aromatic heterocycles. The predicted octanol–water partition coefficient (Wildman–Crippen LogP) is 1.22. The molecular weight excluding hydrogens is 240 g/mol. The van der Waals surface area contributed by atoms with Gasteiger partial charge in [-0.25, -0.2) is 15.8 Å². The van der Waals surface area contributed by atoms with Crippen molar-refractivity contribution in [2.45, 2.75) is 32.6 Å². The number of rotatable bonds is 7. The molecule has 0 bridgehead atoms. The van der Waals surface area contributed by atoms with Crippen LogP contribution in [0.1, 0.15) is 31.7 Å². The van der Waals surface area contributed by atoms with Gasteiger partial charge in [0.1, 0.15) is 18.0 Å². The predicted molar refractivity (Wildman–Crippen MR) is 78.0 cm³/mol. The summed E-state index contributed by atoms with van der Waals surface area (Å²) in [6, 6.07) is 0. The van der Waals surface area contributed by atoms with Crippen LogP contribution in [0.25, 0.3) is 0 Å². The van der Waals surface area contributed by atoms with Gasteiger partial charge in [-0.3, -0.25) is 0 Å². The number of aromatic nitrogens is 2. The van der Waals surface area contributed by atoms with Gasteiger partial charge >= 0.3 is 0 Å². The van der Waals surface area contributed by atoms with E-state index in [4.69, 9.17) is 5.84 Å². The SMILES string of the molecule is CCc1c(NN)ncnc1NCCCN1CCCC1. The van der Waals surface area contributed by atoms with Gasteiger partial charge in [0, 0.05) is 12.1 Å². The number of nitrogens with one attached hydrogen (secondary N) is 2. The Morgan fingerprint density at radius 2 is 2.00 bits per heavy atom. The summed E-state index contributed by atoms with van der Waals surface area (Å²) in [5, 5.41) is 3.39. The van der Waals surface area contributed by atoms with Crippen molar-refractivity contribution in [2.24, 2.45) is 5.84 Å². The summed E-state index contributed by atoms with van der Waals surface area (Å²) in [5.41, 5.74) is 3.67. The summed E-state index contributed by atoms with van der Waals surface area (Å²) in [4.78, 5) is 10.9. The van der Waals surface area contributed by atoms with E-state index >= 15 is 0 Å². The third-order valence-electron chi connectivity index (χ3n) is 3.58. The van der Waals surface area contributed by atoms with E-state index in [1.165, 1.54) is 38.8 Å². The third-order valence-corrected chi connectivity index (χ3v) is 3.58. The van der Waals surface area contributed by atoms with Crippen molar-refractivity contribution in [1.29, 1.82) is 0 Å². The highest BCUT2D eigenvalue weighted by Gasteiger charge is 2.11. The normalized spacial score (nSPS) is 15.7. The van der Waals surface area contributed by atoms with E-state index in [1.54, 1.807) is 0 Å². The summed E-state index contributed by atoms with van der Waals surface area (Å²) in [5.74, 6) is 7.06. The standard InChI is InChI=1S/C13H24N6/c1-2-11-12(16-10-17-13(11)18-14)15-6-5-9-19-7-3-4-8-19/h10H,2-9,14H2,1H3,(H2,15,16,17,18). The molecule has 2 heterocycles. The van der Waals surface area contributed by atoms with Gasteiger partial charge in [-0.2, -0.15) is 0 Å². The molecule has 6 nitrogen and oxygen atoms in total. The molecule has 106 valence electrons. The molecule has 1 saturated heterocycles. The van der Waals surface area contributed by atoms with Crippen LogP contribution in [0.4, 0.5) is 11.6 Å². The average Bonchev–Trinajstić information content (AvgIpc) is 2.96. The third kappa shape index (κ3) is 3.78. The van der Waals surface area contributed by atoms with Gasteiger partial charge in [0.05, 0.1) is 0 Å². The number of nitrogen functional groups attached to an aromatic ring is 1. The zero-order valence-electron chi connectivity index (χ0n) is 11.7. The van der Waals surface area contributed by atoms with Crippen LogP contribution in [-0.2, 0) is 6.42 Å². The molecule has 0 radical (unpaired) electrons. The molecule has 0 aromatic carbocycles. The van der Waals surface area contributed by atoms with Crippen molar-refractivity contribution < 1.29 is 0 Å². The Balaban J connectivity index is 1.81. The molecule has 19 heavy (non-hydrogen) atoms. The highest BCUT2D eigenvalue weighted by Crippen LogP contribution is 2.19. The Morgan fingerprint density at radius 1 is 1.26 bits per heavy atom. The van der Waals surface area contributed by atoms with E-state index in [0.717, 1.165) is 30.8 Å². The Labute approximate surface area is 114 Å². The Hall–Kier alpha value is -1.40. The first kappa shape index (κ1) is 14.0. The zero-order valence-corrected chi connectivity index (χ0v) is 11.7. The van der Waals surface area contributed by atoms with Gasteiger partial charge in [0.2, 0.25) is 0 Å². The highest BCUT2D eigenvalue weighted by molar-refractivity contribution is 5.56. The highest BCUT2D eigenvalue weighted by atomic mass is 15.3. The zero-order chi connectivity index (χ0) is 13.5. The second-order valence-electron chi connectivity index (χ2n) is 4.88. The molecule has 1 aliphatic rings. The summed E-state index contributed by atoms with van der Waals surface area (Å²) in [7, 11) is 0. The first-order valence-electron chi connectivity index (χ1n) is 7.12. The smallest absolute Gasteiger partial charge is 0.148 e. The van der Waals surface area contributed by atoms with Gasteiger partial charge in [-0.05, 0) is 45.3 Å². The summed E-state index contributed by atoms with van der Waals surface area (Å²) < 4.78 is 0. The lowest BCUT2D eigenvalue weighted by Gasteiger charge is -2.16. The molecule has 0 spiro atoms. The quantitative estimate of drug-likeness (QED) is 0.390. The minimum atomic E-state index is 0.708. The molecule has 1 fully saturated rings. The monoisotopic (exact) mass is 264 g/mol. The van der Waals surface area contributed by atoms with Crippen molar-refractivity contribution in [3.05, 3.63) is 11.9 Å². The first-order chi connectivity index (χ1) is 9.35. The topological polar surface area (TPSA) is 79.1 Å².